The van der Waals surface area contributed by atoms with Gasteiger partial charge in [0, 0.05) is 12.6 Å². The third kappa shape index (κ3) is 4.20. The Labute approximate surface area is 123 Å². The molecular formula is C17H17F2NO. The minimum atomic E-state index is -0.816. The lowest BCUT2D eigenvalue weighted by molar-refractivity contribution is 0.0939. The molecule has 0 aromatic heterocycles. The largest absolute Gasteiger partial charge is 0.295 e. The van der Waals surface area contributed by atoms with Gasteiger partial charge >= 0.3 is 0 Å². The van der Waals surface area contributed by atoms with E-state index in [0.717, 1.165) is 23.3 Å². The van der Waals surface area contributed by atoms with Crippen LogP contribution in [0.3, 0.4) is 0 Å². The van der Waals surface area contributed by atoms with Crippen molar-refractivity contribution in [3.63, 3.8) is 0 Å². The van der Waals surface area contributed by atoms with Crippen LogP contribution in [-0.4, -0.2) is 24.3 Å². The van der Waals surface area contributed by atoms with Crippen molar-refractivity contribution in [2.24, 2.45) is 0 Å². The number of likely N-dealkylation sites (N-methyl/N-ethyl adjacent to an activating group) is 1. The van der Waals surface area contributed by atoms with Gasteiger partial charge in [-0.2, -0.15) is 0 Å². The molecule has 2 aromatic rings. The van der Waals surface area contributed by atoms with Crippen molar-refractivity contribution in [3.05, 3.63) is 70.8 Å². The highest BCUT2D eigenvalue weighted by atomic mass is 19.1. The third-order valence-electron chi connectivity index (χ3n) is 3.18. The first-order valence-corrected chi connectivity index (χ1v) is 6.68. The summed E-state index contributed by atoms with van der Waals surface area (Å²) < 4.78 is 26.4. The molecule has 0 atom stereocenters. The number of aryl methyl sites for hydroxylation is 1. The van der Waals surface area contributed by atoms with Crippen LogP contribution in [0.25, 0.3) is 0 Å². The van der Waals surface area contributed by atoms with E-state index in [1.807, 2.05) is 31.2 Å². The molecule has 2 nitrogen and oxygen atoms in total. The second-order valence-corrected chi connectivity index (χ2v) is 5.21. The fraction of sp³-hybridized carbons (Fsp3) is 0.235. The standard InChI is InChI=1S/C17H17F2NO/c1-12-4-3-5-13(8-12)10-20(2)11-17(21)15-7-6-14(18)9-16(15)19/h3-9H,10-11H2,1-2H3. The summed E-state index contributed by atoms with van der Waals surface area (Å²) in [5.41, 5.74) is 2.16. The lowest BCUT2D eigenvalue weighted by atomic mass is 10.1. The van der Waals surface area contributed by atoms with Gasteiger partial charge in [-0.25, -0.2) is 8.78 Å². The average Bonchev–Trinajstić information content (AvgIpc) is 2.38. The Balaban J connectivity index is 2.02. The van der Waals surface area contributed by atoms with Crippen molar-refractivity contribution in [2.45, 2.75) is 13.5 Å². The number of halogens is 2. The SMILES string of the molecule is Cc1cccc(CN(C)CC(=O)c2ccc(F)cc2F)c1. The number of hydrogen-bond acceptors (Lipinski definition) is 2. The molecule has 2 aromatic carbocycles. The van der Waals surface area contributed by atoms with Gasteiger partial charge in [0.1, 0.15) is 11.6 Å². The molecule has 0 fully saturated rings. The van der Waals surface area contributed by atoms with Gasteiger partial charge in [0.15, 0.2) is 5.78 Å². The predicted octanol–water partition coefficient (Wildman–Crippen LogP) is 3.59. The molecule has 0 amide bonds. The summed E-state index contributed by atoms with van der Waals surface area (Å²) in [6.07, 6.45) is 0. The molecule has 4 heteroatoms. The van der Waals surface area contributed by atoms with Gasteiger partial charge in [-0.3, -0.25) is 9.69 Å². The molecule has 0 bridgehead atoms. The van der Waals surface area contributed by atoms with Crippen molar-refractivity contribution in [1.82, 2.24) is 4.90 Å². The highest BCUT2D eigenvalue weighted by Gasteiger charge is 2.14. The van der Waals surface area contributed by atoms with Crippen LogP contribution in [0, 0.1) is 18.6 Å². The predicted molar refractivity (Wildman–Crippen MR) is 78.2 cm³/mol. The normalized spacial score (nSPS) is 10.9. The van der Waals surface area contributed by atoms with Crippen molar-refractivity contribution in [2.75, 3.05) is 13.6 Å². The van der Waals surface area contributed by atoms with E-state index in [1.165, 1.54) is 6.07 Å². The molecule has 0 saturated carbocycles. The van der Waals surface area contributed by atoms with Crippen LogP contribution in [0.15, 0.2) is 42.5 Å². The Hall–Kier alpha value is -2.07. The van der Waals surface area contributed by atoms with E-state index in [4.69, 9.17) is 0 Å². The van der Waals surface area contributed by atoms with Crippen molar-refractivity contribution < 1.29 is 13.6 Å². The van der Waals surface area contributed by atoms with Gasteiger partial charge in [-0.1, -0.05) is 29.8 Å². The maximum Gasteiger partial charge on any atom is 0.179 e. The second kappa shape index (κ2) is 6.59. The molecule has 0 aliphatic rings. The van der Waals surface area contributed by atoms with Gasteiger partial charge < -0.3 is 0 Å². The van der Waals surface area contributed by atoms with Gasteiger partial charge in [-0.15, -0.1) is 0 Å². The van der Waals surface area contributed by atoms with Crippen molar-refractivity contribution in [1.29, 1.82) is 0 Å². The lowest BCUT2D eigenvalue weighted by Gasteiger charge is -2.16. The van der Waals surface area contributed by atoms with E-state index in [2.05, 4.69) is 0 Å². The molecule has 110 valence electrons. The minimum absolute atomic E-state index is 0.0764. The molecule has 0 aliphatic heterocycles. The fourth-order valence-corrected chi connectivity index (χ4v) is 2.22. The third-order valence-corrected chi connectivity index (χ3v) is 3.18. The van der Waals surface area contributed by atoms with Gasteiger partial charge in [0.05, 0.1) is 12.1 Å². The summed E-state index contributed by atoms with van der Waals surface area (Å²) in [4.78, 5) is 13.8. The first-order valence-electron chi connectivity index (χ1n) is 6.68. The van der Waals surface area contributed by atoms with Crippen LogP contribution >= 0.6 is 0 Å². The molecule has 0 spiro atoms. The quantitative estimate of drug-likeness (QED) is 0.784. The molecule has 21 heavy (non-hydrogen) atoms. The Morgan fingerprint density at radius 1 is 1.14 bits per heavy atom. The molecule has 0 radical (unpaired) electrons. The van der Waals surface area contributed by atoms with Gasteiger partial charge in [0.25, 0.3) is 0 Å². The van der Waals surface area contributed by atoms with Crippen LogP contribution in [0.2, 0.25) is 0 Å². The zero-order chi connectivity index (χ0) is 15.4. The summed E-state index contributed by atoms with van der Waals surface area (Å²) >= 11 is 0. The summed E-state index contributed by atoms with van der Waals surface area (Å²) in [5, 5.41) is 0. The summed E-state index contributed by atoms with van der Waals surface area (Å²) in [5.74, 6) is -1.86. The number of Topliss-reactive ketones (excluding diaryl/α,β-unsaturated/α-hetero) is 1. The van der Waals surface area contributed by atoms with E-state index in [0.29, 0.717) is 6.54 Å². The zero-order valence-corrected chi connectivity index (χ0v) is 12.1. The minimum Gasteiger partial charge on any atom is -0.295 e. The number of nitrogens with zero attached hydrogens (tertiary/aromatic N) is 1. The molecule has 0 unspecified atom stereocenters. The molecule has 0 heterocycles. The van der Waals surface area contributed by atoms with E-state index in [1.54, 1.807) is 11.9 Å². The maximum atomic E-state index is 13.6. The van der Waals surface area contributed by atoms with Crippen LogP contribution in [0.4, 0.5) is 8.78 Å². The molecule has 0 N–H and O–H groups in total. The Morgan fingerprint density at radius 3 is 2.57 bits per heavy atom. The topological polar surface area (TPSA) is 20.3 Å². The van der Waals surface area contributed by atoms with E-state index in [9.17, 15) is 13.6 Å². The second-order valence-electron chi connectivity index (χ2n) is 5.21. The Morgan fingerprint density at radius 2 is 1.90 bits per heavy atom. The van der Waals surface area contributed by atoms with Gasteiger partial charge in [0.2, 0.25) is 0 Å². The summed E-state index contributed by atoms with van der Waals surface area (Å²) in [6, 6.07) is 11.0. The average molecular weight is 289 g/mol. The molecular weight excluding hydrogens is 272 g/mol. The van der Waals surface area contributed by atoms with Crippen molar-refractivity contribution in [3.8, 4) is 0 Å². The highest BCUT2D eigenvalue weighted by Crippen LogP contribution is 2.12. The van der Waals surface area contributed by atoms with Crippen LogP contribution in [0.5, 0.6) is 0 Å². The zero-order valence-electron chi connectivity index (χ0n) is 12.1. The van der Waals surface area contributed by atoms with E-state index >= 15 is 0 Å². The lowest BCUT2D eigenvalue weighted by Crippen LogP contribution is -2.26. The Kier molecular flexibility index (Phi) is 4.81. The van der Waals surface area contributed by atoms with E-state index < -0.39 is 11.6 Å². The highest BCUT2D eigenvalue weighted by molar-refractivity contribution is 5.97. The number of rotatable bonds is 5. The Bertz CT molecular complexity index is 655. The smallest absolute Gasteiger partial charge is 0.179 e. The van der Waals surface area contributed by atoms with Crippen LogP contribution < -0.4 is 0 Å². The summed E-state index contributed by atoms with van der Waals surface area (Å²) in [7, 11) is 1.79. The molecule has 0 saturated heterocycles. The fourth-order valence-electron chi connectivity index (χ4n) is 2.22. The summed E-state index contributed by atoms with van der Waals surface area (Å²) in [6.45, 7) is 2.68. The first-order chi connectivity index (χ1) is 9.95. The number of ketones is 1. The maximum absolute atomic E-state index is 13.6. The molecule has 2 rings (SSSR count). The van der Waals surface area contributed by atoms with Crippen LogP contribution in [-0.2, 0) is 6.54 Å². The first kappa shape index (κ1) is 15.3. The van der Waals surface area contributed by atoms with Crippen LogP contribution in [0.1, 0.15) is 21.5 Å². The monoisotopic (exact) mass is 289 g/mol. The number of carbonyl (C=O) groups is 1. The number of hydrogen-bond donors (Lipinski definition) is 0. The van der Waals surface area contributed by atoms with E-state index in [-0.39, 0.29) is 17.9 Å². The van der Waals surface area contributed by atoms with Crippen molar-refractivity contribution >= 4 is 5.78 Å². The van der Waals surface area contributed by atoms with Gasteiger partial charge in [-0.05, 0) is 31.7 Å². The number of benzene rings is 2. The number of carbonyl (C=O) groups excluding carboxylic acids is 1. The molecule has 0 aliphatic carbocycles.